The fourth-order valence-corrected chi connectivity index (χ4v) is 2.26. The first kappa shape index (κ1) is 18.5. The third-order valence-corrected chi connectivity index (χ3v) is 3.56. The fourth-order valence-electron chi connectivity index (χ4n) is 2.26. The van der Waals surface area contributed by atoms with Crippen molar-refractivity contribution in [3.8, 4) is 11.5 Å². The van der Waals surface area contributed by atoms with Gasteiger partial charge in [0.25, 0.3) is 5.91 Å². The SMILES string of the molecule is CCCCNC(=O)c1cc(Nc2ccc(OC)cc2OC)nc(C)n1. The fraction of sp³-hybridized carbons (Fsp3) is 0.389. The lowest BCUT2D eigenvalue weighted by Gasteiger charge is -2.13. The molecule has 7 heteroatoms. The summed E-state index contributed by atoms with van der Waals surface area (Å²) >= 11 is 0. The van der Waals surface area contributed by atoms with Gasteiger partial charge < -0.3 is 20.1 Å². The number of amides is 1. The van der Waals surface area contributed by atoms with Crippen molar-refractivity contribution >= 4 is 17.4 Å². The average molecular weight is 344 g/mol. The van der Waals surface area contributed by atoms with Gasteiger partial charge in [-0.1, -0.05) is 13.3 Å². The maximum Gasteiger partial charge on any atom is 0.270 e. The Labute approximate surface area is 147 Å². The van der Waals surface area contributed by atoms with Crippen LogP contribution in [0.4, 0.5) is 11.5 Å². The summed E-state index contributed by atoms with van der Waals surface area (Å²) in [7, 11) is 3.18. The number of hydrogen-bond donors (Lipinski definition) is 2. The highest BCUT2D eigenvalue weighted by Crippen LogP contribution is 2.31. The number of aromatic nitrogens is 2. The Morgan fingerprint density at radius 2 is 1.96 bits per heavy atom. The van der Waals surface area contributed by atoms with Crippen LogP contribution in [0.15, 0.2) is 24.3 Å². The van der Waals surface area contributed by atoms with Crippen LogP contribution in [-0.2, 0) is 0 Å². The number of anilines is 2. The molecule has 2 rings (SSSR count). The van der Waals surface area contributed by atoms with Gasteiger partial charge in [-0.3, -0.25) is 4.79 Å². The van der Waals surface area contributed by atoms with Crippen LogP contribution in [-0.4, -0.2) is 36.6 Å². The molecule has 1 aromatic carbocycles. The Morgan fingerprint density at radius 3 is 2.64 bits per heavy atom. The Morgan fingerprint density at radius 1 is 1.16 bits per heavy atom. The minimum Gasteiger partial charge on any atom is -0.497 e. The van der Waals surface area contributed by atoms with Gasteiger partial charge in [-0.05, 0) is 25.5 Å². The maximum atomic E-state index is 12.2. The van der Waals surface area contributed by atoms with Crippen LogP contribution in [0.25, 0.3) is 0 Å². The molecule has 0 aliphatic carbocycles. The van der Waals surface area contributed by atoms with E-state index >= 15 is 0 Å². The van der Waals surface area contributed by atoms with Crippen molar-refractivity contribution in [3.05, 3.63) is 35.8 Å². The first-order valence-corrected chi connectivity index (χ1v) is 8.20. The zero-order chi connectivity index (χ0) is 18.2. The highest BCUT2D eigenvalue weighted by molar-refractivity contribution is 5.93. The number of aryl methyl sites for hydroxylation is 1. The number of carbonyl (C=O) groups is 1. The van der Waals surface area contributed by atoms with Crippen LogP contribution in [0.5, 0.6) is 11.5 Å². The van der Waals surface area contributed by atoms with E-state index in [-0.39, 0.29) is 5.91 Å². The zero-order valence-electron chi connectivity index (χ0n) is 15.0. The standard InChI is InChI=1S/C18H24N4O3/c1-5-6-9-19-18(23)15-11-17(21-12(2)20-15)22-14-8-7-13(24-3)10-16(14)25-4/h7-8,10-11H,5-6,9H2,1-4H3,(H,19,23)(H,20,21,22). The van der Waals surface area contributed by atoms with Crippen molar-refractivity contribution in [1.29, 1.82) is 0 Å². The quantitative estimate of drug-likeness (QED) is 0.716. The van der Waals surface area contributed by atoms with Gasteiger partial charge >= 0.3 is 0 Å². The third-order valence-electron chi connectivity index (χ3n) is 3.56. The molecule has 0 aliphatic rings. The summed E-state index contributed by atoms with van der Waals surface area (Å²) in [5, 5.41) is 6.02. The smallest absolute Gasteiger partial charge is 0.270 e. The summed E-state index contributed by atoms with van der Waals surface area (Å²) in [5.41, 5.74) is 1.05. The minimum atomic E-state index is -0.205. The van der Waals surface area contributed by atoms with Gasteiger partial charge in [-0.2, -0.15) is 0 Å². The molecule has 25 heavy (non-hydrogen) atoms. The summed E-state index contributed by atoms with van der Waals surface area (Å²) < 4.78 is 10.6. The number of ether oxygens (including phenoxy) is 2. The van der Waals surface area contributed by atoms with Gasteiger partial charge in [0.2, 0.25) is 0 Å². The monoisotopic (exact) mass is 344 g/mol. The van der Waals surface area contributed by atoms with Gasteiger partial charge in [0.15, 0.2) is 0 Å². The number of nitrogens with zero attached hydrogens (tertiary/aromatic N) is 2. The van der Waals surface area contributed by atoms with Crippen LogP contribution < -0.4 is 20.1 Å². The number of nitrogens with one attached hydrogen (secondary N) is 2. The summed E-state index contributed by atoms with van der Waals surface area (Å²) in [6.45, 7) is 4.46. The number of methoxy groups -OCH3 is 2. The molecule has 0 aliphatic heterocycles. The van der Waals surface area contributed by atoms with Crippen molar-refractivity contribution in [2.45, 2.75) is 26.7 Å². The molecule has 134 valence electrons. The summed E-state index contributed by atoms with van der Waals surface area (Å²) in [6, 6.07) is 7.04. The van der Waals surface area contributed by atoms with E-state index in [1.165, 1.54) is 0 Å². The molecule has 0 bridgehead atoms. The molecule has 0 fully saturated rings. The van der Waals surface area contributed by atoms with Gasteiger partial charge in [-0.15, -0.1) is 0 Å². The van der Waals surface area contributed by atoms with E-state index in [0.29, 0.717) is 35.4 Å². The first-order valence-electron chi connectivity index (χ1n) is 8.20. The van der Waals surface area contributed by atoms with E-state index in [2.05, 4.69) is 27.5 Å². The van der Waals surface area contributed by atoms with Gasteiger partial charge in [-0.25, -0.2) is 9.97 Å². The van der Waals surface area contributed by atoms with Gasteiger partial charge in [0, 0.05) is 18.7 Å². The zero-order valence-corrected chi connectivity index (χ0v) is 15.0. The second kappa shape index (κ2) is 8.86. The van der Waals surface area contributed by atoms with E-state index in [0.717, 1.165) is 18.5 Å². The third kappa shape index (κ3) is 5.07. The van der Waals surface area contributed by atoms with Crippen LogP contribution in [0, 0.1) is 6.92 Å². The van der Waals surface area contributed by atoms with Crippen LogP contribution >= 0.6 is 0 Å². The van der Waals surface area contributed by atoms with Crippen molar-refractivity contribution in [1.82, 2.24) is 15.3 Å². The second-order valence-corrected chi connectivity index (χ2v) is 5.49. The molecule has 0 atom stereocenters. The van der Waals surface area contributed by atoms with Crippen molar-refractivity contribution in [2.24, 2.45) is 0 Å². The predicted molar refractivity (Wildman–Crippen MR) is 96.8 cm³/mol. The number of benzene rings is 1. The van der Waals surface area contributed by atoms with E-state index in [1.54, 1.807) is 33.3 Å². The molecule has 0 saturated carbocycles. The van der Waals surface area contributed by atoms with Crippen LogP contribution in [0.3, 0.4) is 0 Å². The molecule has 0 radical (unpaired) electrons. The van der Waals surface area contributed by atoms with Crippen LogP contribution in [0.2, 0.25) is 0 Å². The largest absolute Gasteiger partial charge is 0.497 e. The second-order valence-electron chi connectivity index (χ2n) is 5.49. The molecular formula is C18H24N4O3. The molecule has 2 aromatic rings. The summed E-state index contributed by atoms with van der Waals surface area (Å²) in [6.07, 6.45) is 1.96. The van der Waals surface area contributed by atoms with E-state index < -0.39 is 0 Å². The Bertz CT molecular complexity index is 734. The molecule has 0 saturated heterocycles. The molecule has 2 N–H and O–H groups in total. The number of hydrogen-bond acceptors (Lipinski definition) is 6. The average Bonchev–Trinajstić information content (AvgIpc) is 2.61. The minimum absolute atomic E-state index is 0.205. The van der Waals surface area contributed by atoms with Gasteiger partial charge in [0.1, 0.15) is 28.8 Å². The lowest BCUT2D eigenvalue weighted by Crippen LogP contribution is -2.25. The molecule has 7 nitrogen and oxygen atoms in total. The predicted octanol–water partition coefficient (Wildman–Crippen LogP) is 3.08. The highest BCUT2D eigenvalue weighted by atomic mass is 16.5. The molecule has 0 unspecified atom stereocenters. The van der Waals surface area contributed by atoms with Crippen molar-refractivity contribution in [2.75, 3.05) is 26.1 Å². The number of carbonyl (C=O) groups excluding carboxylic acids is 1. The van der Waals surface area contributed by atoms with E-state index in [4.69, 9.17) is 9.47 Å². The number of unbranched alkanes of at least 4 members (excludes halogenated alkanes) is 1. The van der Waals surface area contributed by atoms with E-state index in [1.807, 2.05) is 12.1 Å². The first-order chi connectivity index (χ1) is 12.1. The van der Waals surface area contributed by atoms with E-state index in [9.17, 15) is 4.79 Å². The Balaban J connectivity index is 2.21. The Kier molecular flexibility index (Phi) is 6.56. The van der Waals surface area contributed by atoms with Crippen molar-refractivity contribution in [3.63, 3.8) is 0 Å². The Hall–Kier alpha value is -2.83. The molecule has 0 spiro atoms. The molecule has 1 aromatic heterocycles. The summed E-state index contributed by atoms with van der Waals surface area (Å²) in [5.74, 6) is 2.14. The lowest BCUT2D eigenvalue weighted by atomic mass is 10.2. The van der Waals surface area contributed by atoms with Crippen LogP contribution in [0.1, 0.15) is 36.1 Å². The summed E-state index contributed by atoms with van der Waals surface area (Å²) in [4.78, 5) is 20.8. The molecule has 1 heterocycles. The van der Waals surface area contributed by atoms with Crippen molar-refractivity contribution < 1.29 is 14.3 Å². The molecular weight excluding hydrogens is 320 g/mol. The number of rotatable bonds is 8. The maximum absolute atomic E-state index is 12.2. The normalized spacial score (nSPS) is 10.2. The van der Waals surface area contributed by atoms with Gasteiger partial charge in [0.05, 0.1) is 19.9 Å². The topological polar surface area (TPSA) is 85.4 Å². The lowest BCUT2D eigenvalue weighted by molar-refractivity contribution is 0.0948. The molecule has 1 amide bonds. The highest BCUT2D eigenvalue weighted by Gasteiger charge is 2.12.